The van der Waals surface area contributed by atoms with Gasteiger partial charge in [0.15, 0.2) is 5.89 Å². The molecule has 9 heteroatoms. The lowest BCUT2D eigenvalue weighted by atomic mass is 10.1. The zero-order chi connectivity index (χ0) is 19.2. The minimum Gasteiger partial charge on any atom is -0.480 e. The van der Waals surface area contributed by atoms with Crippen LogP contribution in [0.2, 0.25) is 0 Å². The van der Waals surface area contributed by atoms with Crippen LogP contribution in [0.15, 0.2) is 57.4 Å². The molecule has 4 rings (SSSR count). The first kappa shape index (κ1) is 17.9. The number of aromatic nitrogens is 1. The van der Waals surface area contributed by atoms with Gasteiger partial charge in [0, 0.05) is 12.8 Å². The zero-order valence-electron chi connectivity index (χ0n) is 14.2. The third-order valence-corrected chi connectivity index (χ3v) is 7.69. The van der Waals surface area contributed by atoms with Gasteiger partial charge in [0.2, 0.25) is 0 Å². The predicted octanol–water partition coefficient (Wildman–Crippen LogP) is 3.00. The van der Waals surface area contributed by atoms with Crippen LogP contribution in [0.25, 0.3) is 10.6 Å². The normalized spacial score (nSPS) is 21.9. The molecule has 0 amide bonds. The van der Waals surface area contributed by atoms with E-state index in [0.717, 1.165) is 16.9 Å². The van der Waals surface area contributed by atoms with Crippen molar-refractivity contribution in [1.82, 2.24) is 9.71 Å². The van der Waals surface area contributed by atoms with Crippen LogP contribution in [0.5, 0.6) is 0 Å². The van der Waals surface area contributed by atoms with Gasteiger partial charge in [-0.15, -0.1) is 11.3 Å². The van der Waals surface area contributed by atoms with E-state index in [4.69, 9.17) is 4.42 Å². The summed E-state index contributed by atoms with van der Waals surface area (Å²) >= 11 is 1.02. The molecule has 0 aliphatic heterocycles. The molecule has 0 saturated heterocycles. The van der Waals surface area contributed by atoms with Gasteiger partial charge in [-0.3, -0.25) is 4.79 Å². The molecule has 1 aromatic carbocycles. The monoisotopic (exact) mass is 404 g/mol. The van der Waals surface area contributed by atoms with Crippen molar-refractivity contribution in [3.63, 3.8) is 0 Å². The smallest absolute Gasteiger partial charge is 0.325 e. The molecular formula is C18H16N2O5S2. The summed E-state index contributed by atoms with van der Waals surface area (Å²) < 4.78 is 33.2. The molecule has 2 unspecified atom stereocenters. The largest absolute Gasteiger partial charge is 0.480 e. The molecular weight excluding hydrogens is 388 g/mol. The summed E-state index contributed by atoms with van der Waals surface area (Å²) in [5, 5.41) is 9.69. The van der Waals surface area contributed by atoms with Gasteiger partial charge in [-0.1, -0.05) is 30.3 Å². The van der Waals surface area contributed by atoms with E-state index in [9.17, 15) is 18.3 Å². The Hall–Kier alpha value is -2.49. The first-order valence-electron chi connectivity index (χ1n) is 8.16. The highest BCUT2D eigenvalue weighted by atomic mass is 32.2. The van der Waals surface area contributed by atoms with Gasteiger partial charge < -0.3 is 9.52 Å². The number of oxazole rings is 1. The van der Waals surface area contributed by atoms with Crippen LogP contribution in [-0.4, -0.2) is 30.0 Å². The van der Waals surface area contributed by atoms with E-state index in [-0.39, 0.29) is 10.6 Å². The standard InChI is InChI=1S/C18H16N2O5S2/c1-11-19-14(10-25-11)15-7-8-16(26-15)27(23,24)20-18(17(21)22)9-13(18)12-5-3-2-4-6-12/h2-8,10,13,20H,9H2,1H3,(H,21,22). The molecule has 7 nitrogen and oxygen atoms in total. The van der Waals surface area contributed by atoms with E-state index in [1.165, 1.54) is 12.3 Å². The summed E-state index contributed by atoms with van der Waals surface area (Å²) in [6.45, 7) is 1.70. The molecule has 1 aliphatic carbocycles. The van der Waals surface area contributed by atoms with Crippen molar-refractivity contribution in [1.29, 1.82) is 0 Å². The van der Waals surface area contributed by atoms with E-state index in [0.29, 0.717) is 16.5 Å². The minimum atomic E-state index is -3.99. The number of rotatable bonds is 6. The molecule has 2 atom stereocenters. The highest BCUT2D eigenvalue weighted by Crippen LogP contribution is 2.52. The van der Waals surface area contributed by atoms with Crippen LogP contribution in [0.4, 0.5) is 0 Å². The van der Waals surface area contributed by atoms with Crippen molar-refractivity contribution in [3.05, 3.63) is 60.2 Å². The second-order valence-electron chi connectivity index (χ2n) is 6.42. The van der Waals surface area contributed by atoms with E-state index in [1.807, 2.05) is 6.07 Å². The quantitative estimate of drug-likeness (QED) is 0.654. The molecule has 140 valence electrons. The predicted molar refractivity (Wildman–Crippen MR) is 99.0 cm³/mol. The lowest BCUT2D eigenvalue weighted by molar-refractivity contribution is -0.140. The summed E-state index contributed by atoms with van der Waals surface area (Å²) in [5.74, 6) is -1.10. The van der Waals surface area contributed by atoms with Crippen LogP contribution < -0.4 is 4.72 Å². The molecule has 0 bridgehead atoms. The summed E-state index contributed by atoms with van der Waals surface area (Å²) in [4.78, 5) is 16.7. The first-order valence-corrected chi connectivity index (χ1v) is 10.5. The van der Waals surface area contributed by atoms with Crippen LogP contribution in [0.1, 0.15) is 23.8 Å². The number of carbonyl (C=O) groups is 1. The van der Waals surface area contributed by atoms with Gasteiger partial charge in [-0.05, 0) is 24.1 Å². The van der Waals surface area contributed by atoms with Crippen LogP contribution in [0.3, 0.4) is 0 Å². The highest BCUT2D eigenvalue weighted by molar-refractivity contribution is 7.91. The number of aliphatic carboxylic acids is 1. The molecule has 27 heavy (non-hydrogen) atoms. The SMILES string of the molecule is Cc1nc(-c2ccc(S(=O)(=O)NC3(C(=O)O)CC3c3ccccc3)s2)co1. The van der Waals surface area contributed by atoms with Crippen LogP contribution in [0, 0.1) is 6.92 Å². The molecule has 1 saturated carbocycles. The Bertz CT molecular complexity index is 1100. The van der Waals surface area contributed by atoms with Crippen molar-refractivity contribution in [3.8, 4) is 10.6 Å². The molecule has 2 heterocycles. The van der Waals surface area contributed by atoms with Gasteiger partial charge in [0.25, 0.3) is 10.0 Å². The zero-order valence-corrected chi connectivity index (χ0v) is 15.9. The van der Waals surface area contributed by atoms with Gasteiger partial charge in [0.1, 0.15) is 21.7 Å². The number of carboxylic acids is 1. The molecule has 1 fully saturated rings. The number of benzene rings is 1. The Labute approximate surface area is 159 Å². The van der Waals surface area contributed by atoms with Crippen molar-refractivity contribution in [2.75, 3.05) is 0 Å². The van der Waals surface area contributed by atoms with Gasteiger partial charge >= 0.3 is 5.97 Å². The van der Waals surface area contributed by atoms with Gasteiger partial charge in [-0.2, -0.15) is 4.72 Å². The summed E-state index contributed by atoms with van der Waals surface area (Å²) in [6.07, 6.45) is 1.67. The number of aryl methyl sites for hydroxylation is 1. The molecule has 1 aliphatic rings. The highest BCUT2D eigenvalue weighted by Gasteiger charge is 2.63. The van der Waals surface area contributed by atoms with Crippen molar-refractivity contribution in [2.45, 2.75) is 29.0 Å². The Kier molecular flexibility index (Phi) is 4.17. The average molecular weight is 404 g/mol. The van der Waals surface area contributed by atoms with Gasteiger partial charge in [-0.25, -0.2) is 13.4 Å². The fraction of sp³-hybridized carbons (Fsp3) is 0.222. The summed E-state index contributed by atoms with van der Waals surface area (Å²) in [6, 6.07) is 12.1. The number of hydrogen-bond donors (Lipinski definition) is 2. The number of nitrogens with zero attached hydrogens (tertiary/aromatic N) is 1. The Balaban J connectivity index is 1.61. The maximum Gasteiger partial charge on any atom is 0.325 e. The molecule has 0 spiro atoms. The second-order valence-corrected chi connectivity index (χ2v) is 9.41. The molecule has 2 N–H and O–H groups in total. The molecule has 3 aromatic rings. The van der Waals surface area contributed by atoms with E-state index < -0.39 is 27.4 Å². The number of sulfonamides is 1. The van der Waals surface area contributed by atoms with Crippen molar-refractivity contribution >= 4 is 27.3 Å². The minimum absolute atomic E-state index is 0.0393. The number of nitrogens with one attached hydrogen (secondary N) is 1. The lowest BCUT2D eigenvalue weighted by Gasteiger charge is -2.14. The molecule has 2 aromatic heterocycles. The van der Waals surface area contributed by atoms with E-state index in [2.05, 4.69) is 9.71 Å². The Morgan fingerprint density at radius 1 is 1.30 bits per heavy atom. The summed E-state index contributed by atoms with van der Waals surface area (Å²) in [5.41, 5.74) is -0.178. The number of carboxylic acid groups (broad SMARTS) is 1. The fourth-order valence-corrected chi connectivity index (χ4v) is 5.77. The fourth-order valence-electron chi connectivity index (χ4n) is 3.11. The van der Waals surface area contributed by atoms with Crippen LogP contribution in [-0.2, 0) is 14.8 Å². The summed E-state index contributed by atoms with van der Waals surface area (Å²) in [7, 11) is -3.99. The van der Waals surface area contributed by atoms with Crippen molar-refractivity contribution < 1.29 is 22.7 Å². The maximum absolute atomic E-state index is 12.8. The third-order valence-electron chi connectivity index (χ3n) is 4.58. The van der Waals surface area contributed by atoms with E-state index in [1.54, 1.807) is 37.3 Å². The van der Waals surface area contributed by atoms with E-state index >= 15 is 0 Å². The van der Waals surface area contributed by atoms with Crippen molar-refractivity contribution in [2.24, 2.45) is 0 Å². The Morgan fingerprint density at radius 2 is 2.04 bits per heavy atom. The second kappa shape index (κ2) is 6.29. The number of hydrogen-bond acceptors (Lipinski definition) is 6. The lowest BCUT2D eigenvalue weighted by Crippen LogP contribution is -2.44. The van der Waals surface area contributed by atoms with Gasteiger partial charge in [0.05, 0.1) is 4.88 Å². The van der Waals surface area contributed by atoms with Crippen LogP contribution >= 0.6 is 11.3 Å². The maximum atomic E-state index is 12.8. The first-order chi connectivity index (χ1) is 12.8. The topological polar surface area (TPSA) is 110 Å². The molecule has 0 radical (unpaired) electrons. The average Bonchev–Trinajstić information content (AvgIpc) is 2.98. The number of thiophene rings is 1. The Morgan fingerprint density at radius 3 is 2.67 bits per heavy atom. The third kappa shape index (κ3) is 3.18.